The van der Waals surface area contributed by atoms with Crippen molar-refractivity contribution in [2.24, 2.45) is 0 Å². The number of fused-ring (bicyclic) bond motifs is 1. The number of anilines is 1. The van der Waals surface area contributed by atoms with Gasteiger partial charge in [-0.3, -0.25) is 14.4 Å². The van der Waals surface area contributed by atoms with E-state index in [9.17, 15) is 14.4 Å². The third kappa shape index (κ3) is 5.17. The van der Waals surface area contributed by atoms with E-state index in [0.717, 1.165) is 5.56 Å². The van der Waals surface area contributed by atoms with Gasteiger partial charge in [0, 0.05) is 23.9 Å². The summed E-state index contributed by atoms with van der Waals surface area (Å²) in [5.74, 6) is 0.832. The lowest BCUT2D eigenvalue weighted by atomic mass is 10.0. The van der Waals surface area contributed by atoms with Gasteiger partial charge in [-0.05, 0) is 25.1 Å². The first kappa shape index (κ1) is 26.3. The average molecular weight is 517 g/mol. The Morgan fingerprint density at radius 2 is 1.47 bits per heavy atom. The first-order valence-electron chi connectivity index (χ1n) is 11.7. The van der Waals surface area contributed by atoms with E-state index < -0.39 is 17.1 Å². The highest BCUT2D eigenvalue weighted by Gasteiger charge is 2.21. The molecule has 3 aromatic carbocycles. The molecular formula is C29H28N2O7. The van der Waals surface area contributed by atoms with Crippen LogP contribution in [0.1, 0.15) is 21.5 Å². The fraction of sp³-hybridized carbons (Fsp3) is 0.207. The molecule has 1 amide bonds. The number of hydrogen-bond acceptors (Lipinski definition) is 7. The second-order valence-corrected chi connectivity index (χ2v) is 8.53. The molecule has 9 heteroatoms. The van der Waals surface area contributed by atoms with Crippen LogP contribution in [0.3, 0.4) is 0 Å². The van der Waals surface area contributed by atoms with Crippen molar-refractivity contribution in [1.82, 2.24) is 4.57 Å². The molecular weight excluding hydrogens is 488 g/mol. The fourth-order valence-electron chi connectivity index (χ4n) is 4.13. The molecule has 0 saturated carbocycles. The predicted molar refractivity (Wildman–Crippen MR) is 144 cm³/mol. The zero-order chi connectivity index (χ0) is 27.4. The molecule has 196 valence electrons. The molecule has 0 saturated heterocycles. The van der Waals surface area contributed by atoms with Crippen LogP contribution in [0.2, 0.25) is 0 Å². The molecule has 0 spiro atoms. The number of ether oxygens (including phenoxy) is 4. The van der Waals surface area contributed by atoms with E-state index in [2.05, 4.69) is 5.32 Å². The molecule has 0 atom stereocenters. The smallest absolute Gasteiger partial charge is 0.244 e. The third-order valence-electron chi connectivity index (χ3n) is 6.14. The van der Waals surface area contributed by atoms with Gasteiger partial charge in [0.15, 0.2) is 17.3 Å². The van der Waals surface area contributed by atoms with Crippen LogP contribution in [0.25, 0.3) is 10.9 Å². The van der Waals surface area contributed by atoms with Crippen molar-refractivity contribution in [3.05, 3.63) is 87.7 Å². The molecule has 0 radical (unpaired) electrons. The summed E-state index contributed by atoms with van der Waals surface area (Å²) in [5, 5.41) is 3.03. The number of benzene rings is 3. The molecule has 4 rings (SSSR count). The molecule has 9 nitrogen and oxygen atoms in total. The van der Waals surface area contributed by atoms with Crippen LogP contribution in [-0.2, 0) is 11.3 Å². The van der Waals surface area contributed by atoms with E-state index in [1.807, 2.05) is 6.92 Å². The molecule has 1 aromatic heterocycles. The maximum Gasteiger partial charge on any atom is 0.244 e. The summed E-state index contributed by atoms with van der Waals surface area (Å²) in [6.45, 7) is 1.70. The van der Waals surface area contributed by atoms with E-state index in [1.165, 1.54) is 40.7 Å². The number of rotatable bonds is 9. The van der Waals surface area contributed by atoms with E-state index in [4.69, 9.17) is 18.9 Å². The molecule has 0 aliphatic rings. The van der Waals surface area contributed by atoms with Crippen LogP contribution in [0.15, 0.2) is 65.6 Å². The second kappa shape index (κ2) is 11.1. The van der Waals surface area contributed by atoms with Gasteiger partial charge in [-0.15, -0.1) is 0 Å². The number of hydrogen-bond donors (Lipinski definition) is 1. The summed E-state index contributed by atoms with van der Waals surface area (Å²) in [4.78, 5) is 40.1. The highest BCUT2D eigenvalue weighted by Crippen LogP contribution is 2.32. The fourth-order valence-corrected chi connectivity index (χ4v) is 4.13. The number of pyridine rings is 1. The van der Waals surface area contributed by atoms with E-state index in [-0.39, 0.29) is 17.5 Å². The summed E-state index contributed by atoms with van der Waals surface area (Å²) < 4.78 is 22.9. The van der Waals surface area contributed by atoms with Gasteiger partial charge in [-0.2, -0.15) is 0 Å². The number of ketones is 1. The summed E-state index contributed by atoms with van der Waals surface area (Å²) >= 11 is 0. The maximum atomic E-state index is 13.5. The van der Waals surface area contributed by atoms with Crippen molar-refractivity contribution in [2.75, 3.05) is 33.8 Å². The molecule has 0 aliphatic carbocycles. The molecule has 0 aliphatic heterocycles. The largest absolute Gasteiger partial charge is 0.497 e. The van der Waals surface area contributed by atoms with Crippen LogP contribution in [0, 0.1) is 6.92 Å². The van der Waals surface area contributed by atoms with Crippen LogP contribution < -0.4 is 29.7 Å². The molecule has 38 heavy (non-hydrogen) atoms. The van der Waals surface area contributed by atoms with Crippen molar-refractivity contribution >= 4 is 28.3 Å². The van der Waals surface area contributed by atoms with Crippen LogP contribution >= 0.6 is 0 Å². The lowest BCUT2D eigenvalue weighted by Crippen LogP contribution is -2.24. The van der Waals surface area contributed by atoms with Crippen molar-refractivity contribution < 1.29 is 28.5 Å². The Balaban J connectivity index is 1.82. The van der Waals surface area contributed by atoms with Gasteiger partial charge in [-0.25, -0.2) is 0 Å². The van der Waals surface area contributed by atoms with Gasteiger partial charge in [0.05, 0.1) is 50.6 Å². The maximum absolute atomic E-state index is 13.5. The third-order valence-corrected chi connectivity index (χ3v) is 6.14. The number of nitrogens with zero attached hydrogens (tertiary/aromatic N) is 1. The van der Waals surface area contributed by atoms with Crippen molar-refractivity contribution in [3.63, 3.8) is 0 Å². The normalized spacial score (nSPS) is 10.7. The lowest BCUT2D eigenvalue weighted by Gasteiger charge is -2.17. The summed E-state index contributed by atoms with van der Waals surface area (Å²) in [7, 11) is 5.95. The summed E-state index contributed by atoms with van der Waals surface area (Å²) in [5.41, 5.74) is 1.62. The van der Waals surface area contributed by atoms with Crippen molar-refractivity contribution in [1.29, 1.82) is 0 Å². The minimum atomic E-state index is -0.474. The molecule has 1 N–H and O–H groups in total. The number of aromatic nitrogens is 1. The van der Waals surface area contributed by atoms with Gasteiger partial charge < -0.3 is 28.8 Å². The van der Waals surface area contributed by atoms with E-state index >= 15 is 0 Å². The standard InChI is InChI=1S/C29H28N2O7/c1-17-6-8-18(9-7-17)28(33)21-15-31(23-14-26(38-5)25(37-4)13-20(23)29(21)34)16-27(32)30-22-12-19(35-2)10-11-24(22)36-3/h6-15H,16H2,1-5H3,(H,30,32). The van der Waals surface area contributed by atoms with Crippen LogP contribution in [0.5, 0.6) is 23.0 Å². The minimum Gasteiger partial charge on any atom is -0.497 e. The second-order valence-electron chi connectivity index (χ2n) is 8.53. The quantitative estimate of drug-likeness (QED) is 0.332. The highest BCUT2D eigenvalue weighted by atomic mass is 16.5. The van der Waals surface area contributed by atoms with Crippen LogP contribution in [-0.4, -0.2) is 44.7 Å². The first-order valence-corrected chi connectivity index (χ1v) is 11.7. The van der Waals surface area contributed by atoms with E-state index in [1.54, 1.807) is 53.1 Å². The van der Waals surface area contributed by atoms with Gasteiger partial charge >= 0.3 is 0 Å². The van der Waals surface area contributed by atoms with Crippen LogP contribution in [0.4, 0.5) is 5.69 Å². The minimum absolute atomic E-state index is 0.0691. The molecule has 0 fully saturated rings. The monoisotopic (exact) mass is 516 g/mol. The summed E-state index contributed by atoms with van der Waals surface area (Å²) in [6.07, 6.45) is 1.40. The SMILES string of the molecule is COc1ccc(OC)c(NC(=O)Cn2cc(C(=O)c3ccc(C)cc3)c(=O)c3cc(OC)c(OC)cc32)c1. The van der Waals surface area contributed by atoms with Gasteiger partial charge in [-0.1, -0.05) is 29.8 Å². The molecule has 0 unspecified atom stereocenters. The van der Waals surface area contributed by atoms with Crippen molar-refractivity contribution in [2.45, 2.75) is 13.5 Å². The average Bonchev–Trinajstić information content (AvgIpc) is 2.93. The number of methoxy groups -OCH3 is 4. The highest BCUT2D eigenvalue weighted by molar-refractivity contribution is 6.10. The lowest BCUT2D eigenvalue weighted by molar-refractivity contribution is -0.116. The Morgan fingerprint density at radius 1 is 0.816 bits per heavy atom. The number of aryl methyl sites for hydroxylation is 1. The molecule has 0 bridgehead atoms. The number of carbonyl (C=O) groups excluding carboxylic acids is 2. The topological polar surface area (TPSA) is 105 Å². The van der Waals surface area contributed by atoms with Crippen molar-refractivity contribution in [3.8, 4) is 23.0 Å². The molecule has 1 heterocycles. The van der Waals surface area contributed by atoms with E-state index in [0.29, 0.717) is 39.8 Å². The zero-order valence-electron chi connectivity index (χ0n) is 21.8. The van der Waals surface area contributed by atoms with Gasteiger partial charge in [0.1, 0.15) is 18.0 Å². The molecule has 4 aromatic rings. The predicted octanol–water partition coefficient (Wildman–Crippen LogP) is 4.21. The Kier molecular flexibility index (Phi) is 7.66. The van der Waals surface area contributed by atoms with Gasteiger partial charge in [0.25, 0.3) is 0 Å². The Labute approximate surface area is 219 Å². The Morgan fingerprint density at radius 3 is 2.11 bits per heavy atom. The Bertz CT molecular complexity index is 1570. The van der Waals surface area contributed by atoms with Gasteiger partial charge in [0.2, 0.25) is 11.3 Å². The number of carbonyl (C=O) groups is 2. The number of amides is 1. The number of nitrogens with one attached hydrogen (secondary N) is 1. The Hall–Kier alpha value is -4.79. The zero-order valence-corrected chi connectivity index (χ0v) is 21.8. The summed E-state index contributed by atoms with van der Waals surface area (Å²) in [6, 6.07) is 15.1. The first-order chi connectivity index (χ1) is 18.3.